The van der Waals surface area contributed by atoms with Gasteiger partial charge in [0.25, 0.3) is 0 Å². The van der Waals surface area contributed by atoms with Gasteiger partial charge < -0.3 is 0 Å². The van der Waals surface area contributed by atoms with Gasteiger partial charge in [0.2, 0.25) is 13.4 Å². The number of hydrogen-bond donors (Lipinski definition) is 0. The fourth-order valence-corrected chi connectivity index (χ4v) is 13.9. The van der Waals surface area contributed by atoms with Crippen molar-refractivity contribution in [3.8, 4) is 29.5 Å². The Balaban J connectivity index is 1.20. The Hall–Kier alpha value is -4.33. The zero-order valence-electron chi connectivity index (χ0n) is 35.8. The van der Waals surface area contributed by atoms with E-state index in [1.807, 2.05) is 0 Å². The molecule has 0 saturated carbocycles. The van der Waals surface area contributed by atoms with Gasteiger partial charge >= 0.3 is 0 Å². The summed E-state index contributed by atoms with van der Waals surface area (Å²) in [5.74, 6) is 0. The van der Waals surface area contributed by atoms with Crippen molar-refractivity contribution in [1.29, 1.82) is 0 Å². The number of hydrogen-bond acceptors (Lipinski definition) is 6. The monoisotopic (exact) mass is 828 g/mol. The number of thiophene rings is 2. The fourth-order valence-electron chi connectivity index (χ4n) is 9.92. The van der Waals surface area contributed by atoms with E-state index in [4.69, 9.17) is 9.97 Å². The first kappa shape index (κ1) is 40.4. The summed E-state index contributed by atoms with van der Waals surface area (Å²) in [6.45, 7) is 27.3. The molecule has 58 heavy (non-hydrogen) atoms. The van der Waals surface area contributed by atoms with Crippen molar-refractivity contribution >= 4 is 91.5 Å². The van der Waals surface area contributed by atoms with Crippen molar-refractivity contribution < 1.29 is 0 Å². The van der Waals surface area contributed by atoms with E-state index < -0.39 is 0 Å². The number of rotatable bonds is 9. The van der Waals surface area contributed by atoms with E-state index in [2.05, 4.69) is 167 Å². The fraction of sp³-hybridized carbons (Fsp3) is 0.240. The maximum atomic E-state index is 5.14. The molecule has 0 atom stereocenters. The van der Waals surface area contributed by atoms with Gasteiger partial charge in [0.15, 0.2) is 0 Å². The number of nitrogens with zero attached hydrogens (tertiary/aromatic N) is 2. The van der Waals surface area contributed by atoms with Gasteiger partial charge in [-0.2, -0.15) is 0 Å². The van der Waals surface area contributed by atoms with Gasteiger partial charge in [0, 0.05) is 12.4 Å². The molecule has 0 aliphatic rings. The minimum Gasteiger partial charge on any atom is -0.243 e. The van der Waals surface area contributed by atoms with E-state index in [9.17, 15) is 0 Å². The van der Waals surface area contributed by atoms with Crippen LogP contribution in [0.15, 0.2) is 83.8 Å². The molecule has 0 unspecified atom stereocenters. The molecule has 4 heterocycles. The van der Waals surface area contributed by atoms with Crippen LogP contribution in [-0.2, 0) is 0 Å². The lowest BCUT2D eigenvalue weighted by Gasteiger charge is -2.24. The Morgan fingerprint density at radius 1 is 0.379 bits per heavy atom. The molecular formula is C50H50B2N2S4. The molecule has 4 aromatic carbocycles. The molecular weight excluding hydrogens is 778 g/mol. The van der Waals surface area contributed by atoms with Crippen LogP contribution in [0.25, 0.3) is 29.5 Å². The van der Waals surface area contributed by atoms with Crippen LogP contribution in [0.4, 0.5) is 0 Å². The molecule has 0 amide bonds. The second kappa shape index (κ2) is 16.0. The van der Waals surface area contributed by atoms with E-state index in [1.54, 1.807) is 45.3 Å². The lowest BCUT2D eigenvalue weighted by Crippen LogP contribution is -2.56. The third-order valence-electron chi connectivity index (χ3n) is 11.8. The molecule has 0 spiro atoms. The summed E-state index contributed by atoms with van der Waals surface area (Å²) in [5, 5.41) is 6.64. The molecule has 4 aromatic heterocycles. The predicted molar refractivity (Wildman–Crippen MR) is 262 cm³/mol. The largest absolute Gasteiger partial charge is 0.244 e. The van der Waals surface area contributed by atoms with Crippen molar-refractivity contribution in [2.75, 3.05) is 0 Å². The normalized spacial score (nSPS) is 11.4. The predicted octanol–water partition coefficient (Wildman–Crippen LogP) is 10.5. The highest BCUT2D eigenvalue weighted by Crippen LogP contribution is 2.39. The molecule has 8 rings (SSSR count). The average molecular weight is 829 g/mol. The highest BCUT2D eigenvalue weighted by Gasteiger charge is 2.34. The quantitative estimate of drug-likeness (QED) is 0.136. The molecule has 0 aliphatic carbocycles. The summed E-state index contributed by atoms with van der Waals surface area (Å²) in [4.78, 5) is 15.1. The van der Waals surface area contributed by atoms with Crippen molar-refractivity contribution in [2.24, 2.45) is 0 Å². The van der Waals surface area contributed by atoms with Crippen molar-refractivity contribution in [3.63, 3.8) is 0 Å². The smallest absolute Gasteiger partial charge is 0.243 e. The highest BCUT2D eigenvalue weighted by atomic mass is 32.1. The van der Waals surface area contributed by atoms with Crippen LogP contribution >= 0.6 is 45.3 Å². The first-order valence-corrected chi connectivity index (χ1v) is 23.5. The number of aryl methyl sites for hydroxylation is 12. The summed E-state index contributed by atoms with van der Waals surface area (Å²) in [7, 11) is 0. The summed E-state index contributed by atoms with van der Waals surface area (Å²) in [5.41, 5.74) is 24.2. The van der Waals surface area contributed by atoms with E-state index in [1.165, 1.54) is 109 Å². The van der Waals surface area contributed by atoms with E-state index >= 15 is 0 Å². The highest BCUT2D eigenvalue weighted by molar-refractivity contribution is 7.28. The summed E-state index contributed by atoms with van der Waals surface area (Å²) < 4.78 is 0. The standard InChI is InChI=1S/C50H50B2N2S4/c1-27-17-31(5)43(32(6)18-27)51(44-33(7)19-28(2)20-34(44)8)39-13-15-55-47(39)49-53-25-41(57-49)42-26-54-50(58-42)48-40(14-16-56-48)52(45-35(9)21-29(3)22-36(45)10)46-37(11)23-30(4)24-38(46)12/h13-26H,1-12H3. The second-order valence-electron chi connectivity index (χ2n) is 16.6. The van der Waals surface area contributed by atoms with Gasteiger partial charge in [-0.05, 0) is 105 Å². The van der Waals surface area contributed by atoms with Crippen molar-refractivity contribution in [2.45, 2.75) is 83.1 Å². The maximum absolute atomic E-state index is 5.14. The van der Waals surface area contributed by atoms with Crippen LogP contribution in [0.5, 0.6) is 0 Å². The zero-order chi connectivity index (χ0) is 41.2. The van der Waals surface area contributed by atoms with E-state index in [0.29, 0.717) is 0 Å². The summed E-state index contributed by atoms with van der Waals surface area (Å²) in [6, 6.07) is 23.4. The number of benzene rings is 4. The van der Waals surface area contributed by atoms with Crippen LogP contribution in [-0.4, -0.2) is 23.4 Å². The van der Waals surface area contributed by atoms with Gasteiger partial charge in [-0.3, -0.25) is 0 Å². The third-order valence-corrected chi connectivity index (χ3v) is 16.1. The number of thiazole rings is 2. The van der Waals surface area contributed by atoms with Crippen LogP contribution in [0.3, 0.4) is 0 Å². The average Bonchev–Trinajstić information content (AvgIpc) is 3.95. The third kappa shape index (κ3) is 7.42. The minimum atomic E-state index is 0.108. The Morgan fingerprint density at radius 2 is 0.638 bits per heavy atom. The van der Waals surface area contributed by atoms with E-state index in [0.717, 1.165) is 19.8 Å². The Morgan fingerprint density at radius 3 is 0.897 bits per heavy atom. The first-order chi connectivity index (χ1) is 27.7. The Labute approximate surface area is 362 Å². The van der Waals surface area contributed by atoms with Crippen LogP contribution in [0.2, 0.25) is 0 Å². The summed E-state index contributed by atoms with van der Waals surface area (Å²) in [6.07, 6.45) is 4.13. The molecule has 8 aromatic rings. The molecule has 0 bridgehead atoms. The van der Waals surface area contributed by atoms with Gasteiger partial charge in [0.1, 0.15) is 10.0 Å². The minimum absolute atomic E-state index is 0.108. The molecule has 0 fully saturated rings. The van der Waals surface area contributed by atoms with Crippen molar-refractivity contribution in [1.82, 2.24) is 9.97 Å². The Kier molecular flexibility index (Phi) is 11.2. The maximum Gasteiger partial charge on any atom is 0.244 e. The molecule has 0 saturated heterocycles. The lowest BCUT2D eigenvalue weighted by atomic mass is 9.34. The SMILES string of the molecule is Cc1cc(C)c(B(c2ccsc2-c2ncc(-c3cnc(-c4sccc4B(c4c(C)cc(C)cc4C)c4c(C)cc(C)cc4C)s3)s2)c2c(C)cc(C)cc2C)c(C)c1. The van der Waals surface area contributed by atoms with E-state index in [-0.39, 0.29) is 13.4 Å². The van der Waals surface area contributed by atoms with Gasteiger partial charge in [-0.15, -0.1) is 45.3 Å². The van der Waals surface area contributed by atoms with Crippen LogP contribution in [0, 0.1) is 83.1 Å². The zero-order valence-corrected chi connectivity index (χ0v) is 39.0. The lowest BCUT2D eigenvalue weighted by molar-refractivity contribution is 1.34. The number of aromatic nitrogens is 2. The van der Waals surface area contributed by atoms with Crippen molar-refractivity contribution in [3.05, 3.63) is 151 Å². The molecule has 0 N–H and O–H groups in total. The molecule has 0 radical (unpaired) electrons. The van der Waals surface area contributed by atoms with Gasteiger partial charge in [-0.25, -0.2) is 9.97 Å². The van der Waals surface area contributed by atoms with Crippen LogP contribution in [0.1, 0.15) is 66.8 Å². The molecule has 0 aliphatic heterocycles. The molecule has 8 heteroatoms. The molecule has 290 valence electrons. The molecule has 2 nitrogen and oxygen atoms in total. The van der Waals surface area contributed by atoms with Gasteiger partial charge in [-0.1, -0.05) is 149 Å². The second-order valence-corrected chi connectivity index (χ2v) is 20.5. The first-order valence-electron chi connectivity index (χ1n) is 20.1. The topological polar surface area (TPSA) is 25.8 Å². The summed E-state index contributed by atoms with van der Waals surface area (Å²) >= 11 is 7.18. The Bertz CT molecular complexity index is 2450. The van der Waals surface area contributed by atoms with Gasteiger partial charge in [0.05, 0.1) is 19.5 Å². The van der Waals surface area contributed by atoms with Crippen LogP contribution < -0.4 is 32.8 Å².